The van der Waals surface area contributed by atoms with Gasteiger partial charge in [-0.2, -0.15) is 0 Å². The van der Waals surface area contributed by atoms with Crippen LogP contribution in [0.2, 0.25) is 0 Å². The summed E-state index contributed by atoms with van der Waals surface area (Å²) in [5, 5.41) is 0. The van der Waals surface area contributed by atoms with Gasteiger partial charge in [0.05, 0.1) is 6.04 Å². The standard InChI is InChI=1S/C18H26N2O3S/c1-17(2,3)24(22)19-15-11-20(13-18(15)9-10-18)16(21)23-12-14-7-5-4-6-8-14/h4-8,15,19H,9-13H2,1-3H3/t15?,24-/m1/s1. The van der Waals surface area contributed by atoms with Crippen LogP contribution >= 0.6 is 0 Å². The van der Waals surface area contributed by atoms with Crippen molar-refractivity contribution in [3.63, 3.8) is 0 Å². The third-order valence-corrected chi connectivity index (χ3v) is 6.42. The van der Waals surface area contributed by atoms with Crippen molar-refractivity contribution < 1.29 is 14.1 Å². The molecule has 1 spiro atoms. The number of likely N-dealkylation sites (tertiary alicyclic amines) is 1. The summed E-state index contributed by atoms with van der Waals surface area (Å²) in [6.07, 6.45) is 1.87. The van der Waals surface area contributed by atoms with Crippen LogP contribution < -0.4 is 4.72 Å². The quantitative estimate of drug-likeness (QED) is 0.848. The molecule has 2 fully saturated rings. The minimum Gasteiger partial charge on any atom is -0.598 e. The summed E-state index contributed by atoms with van der Waals surface area (Å²) >= 11 is -1.12. The van der Waals surface area contributed by atoms with E-state index in [1.54, 1.807) is 4.90 Å². The van der Waals surface area contributed by atoms with Gasteiger partial charge in [-0.25, -0.2) is 4.79 Å². The summed E-state index contributed by atoms with van der Waals surface area (Å²) in [6.45, 7) is 7.41. The zero-order valence-electron chi connectivity index (χ0n) is 14.6. The Morgan fingerprint density at radius 2 is 2.04 bits per heavy atom. The largest absolute Gasteiger partial charge is 0.598 e. The summed E-state index contributed by atoms with van der Waals surface area (Å²) < 4.78 is 20.8. The SMILES string of the molecule is CC(C)(C)[S@@+]([O-])NC1CN(C(=O)OCc2ccccc2)CC12CC2. The van der Waals surface area contributed by atoms with Gasteiger partial charge >= 0.3 is 6.09 Å². The summed E-state index contributed by atoms with van der Waals surface area (Å²) in [5.74, 6) is 0. The average Bonchev–Trinajstić information content (AvgIpc) is 3.22. The van der Waals surface area contributed by atoms with Crippen molar-refractivity contribution >= 4 is 17.5 Å². The van der Waals surface area contributed by atoms with Crippen molar-refractivity contribution in [2.75, 3.05) is 13.1 Å². The maximum absolute atomic E-state index is 12.4. The van der Waals surface area contributed by atoms with E-state index in [1.807, 2.05) is 51.1 Å². The van der Waals surface area contributed by atoms with Gasteiger partial charge in [0.25, 0.3) is 0 Å². The van der Waals surface area contributed by atoms with Crippen LogP contribution in [0.4, 0.5) is 4.79 Å². The average molecular weight is 350 g/mol. The fraction of sp³-hybridized carbons (Fsp3) is 0.611. The maximum atomic E-state index is 12.4. The van der Waals surface area contributed by atoms with Crippen LogP contribution in [0.15, 0.2) is 30.3 Å². The molecule has 1 saturated heterocycles. The van der Waals surface area contributed by atoms with Crippen molar-refractivity contribution in [2.45, 2.75) is 51.0 Å². The van der Waals surface area contributed by atoms with Gasteiger partial charge in [-0.3, -0.25) is 0 Å². The molecule has 0 aromatic heterocycles. The summed E-state index contributed by atoms with van der Waals surface area (Å²) in [6, 6.07) is 9.77. The first-order valence-corrected chi connectivity index (χ1v) is 9.59. The molecule has 2 aliphatic rings. The van der Waals surface area contributed by atoms with E-state index in [-0.39, 0.29) is 28.9 Å². The van der Waals surface area contributed by atoms with Crippen molar-refractivity contribution in [3.8, 4) is 0 Å². The minimum absolute atomic E-state index is 0.0850. The summed E-state index contributed by atoms with van der Waals surface area (Å²) in [5.41, 5.74) is 1.07. The molecule has 3 rings (SSSR count). The zero-order chi connectivity index (χ0) is 17.4. The van der Waals surface area contributed by atoms with Gasteiger partial charge in [0.15, 0.2) is 0 Å². The van der Waals surface area contributed by atoms with E-state index in [9.17, 15) is 9.35 Å². The van der Waals surface area contributed by atoms with Gasteiger partial charge in [0.2, 0.25) is 0 Å². The Hall–Kier alpha value is -1.24. The van der Waals surface area contributed by atoms with Crippen molar-refractivity contribution in [1.29, 1.82) is 0 Å². The number of ether oxygens (including phenoxy) is 1. The number of benzene rings is 1. The Morgan fingerprint density at radius 3 is 2.62 bits per heavy atom. The molecule has 2 atom stereocenters. The van der Waals surface area contributed by atoms with Crippen LogP contribution in [0.25, 0.3) is 0 Å². The molecule has 1 saturated carbocycles. The first-order chi connectivity index (χ1) is 11.3. The van der Waals surface area contributed by atoms with E-state index in [1.165, 1.54) is 0 Å². The van der Waals surface area contributed by atoms with Gasteiger partial charge in [0.1, 0.15) is 11.4 Å². The van der Waals surface area contributed by atoms with Crippen LogP contribution in [-0.2, 0) is 22.7 Å². The molecule has 0 radical (unpaired) electrons. The topological polar surface area (TPSA) is 64.6 Å². The highest BCUT2D eigenvalue weighted by atomic mass is 32.2. The third kappa shape index (κ3) is 3.87. The lowest BCUT2D eigenvalue weighted by molar-refractivity contribution is 0.102. The minimum atomic E-state index is -1.12. The first-order valence-electron chi connectivity index (χ1n) is 8.44. The lowest BCUT2D eigenvalue weighted by atomic mass is 10.0. The lowest BCUT2D eigenvalue weighted by Crippen LogP contribution is -2.48. The molecular formula is C18H26N2O3S. The molecule has 1 aromatic rings. The maximum Gasteiger partial charge on any atom is 0.410 e. The predicted octanol–water partition coefficient (Wildman–Crippen LogP) is 2.84. The summed E-state index contributed by atoms with van der Waals surface area (Å²) in [7, 11) is 0. The van der Waals surface area contributed by atoms with Gasteiger partial charge in [-0.05, 0) is 39.2 Å². The number of hydrogen-bond acceptors (Lipinski definition) is 4. The van der Waals surface area contributed by atoms with Crippen LogP contribution in [0.1, 0.15) is 39.2 Å². The second kappa shape index (κ2) is 6.58. The fourth-order valence-electron chi connectivity index (χ4n) is 3.05. The zero-order valence-corrected chi connectivity index (χ0v) is 15.4. The smallest absolute Gasteiger partial charge is 0.410 e. The second-order valence-corrected chi connectivity index (χ2v) is 9.83. The number of carbonyl (C=O) groups is 1. The van der Waals surface area contributed by atoms with Crippen molar-refractivity contribution in [3.05, 3.63) is 35.9 Å². The number of nitrogens with zero attached hydrogens (tertiary/aromatic N) is 1. The van der Waals surface area contributed by atoms with E-state index in [0.29, 0.717) is 13.1 Å². The molecule has 1 aliphatic heterocycles. The highest BCUT2D eigenvalue weighted by molar-refractivity contribution is 7.90. The molecular weight excluding hydrogens is 324 g/mol. The molecule has 0 bridgehead atoms. The molecule has 132 valence electrons. The van der Waals surface area contributed by atoms with Crippen LogP contribution in [-0.4, -0.2) is 39.4 Å². The number of hydrogen-bond donors (Lipinski definition) is 1. The number of amides is 1. The van der Waals surface area contributed by atoms with Gasteiger partial charge in [0, 0.05) is 29.9 Å². The van der Waals surface area contributed by atoms with E-state index in [2.05, 4.69) is 4.72 Å². The monoisotopic (exact) mass is 350 g/mol. The van der Waals surface area contributed by atoms with E-state index >= 15 is 0 Å². The normalized spacial score (nSPS) is 23.3. The van der Waals surface area contributed by atoms with E-state index in [4.69, 9.17) is 4.74 Å². The van der Waals surface area contributed by atoms with E-state index in [0.717, 1.165) is 18.4 Å². The van der Waals surface area contributed by atoms with Crippen molar-refractivity contribution in [2.24, 2.45) is 5.41 Å². The van der Waals surface area contributed by atoms with Crippen LogP contribution in [0.3, 0.4) is 0 Å². The first kappa shape index (κ1) is 17.6. The second-order valence-electron chi connectivity index (χ2n) is 7.83. The fourth-order valence-corrected chi connectivity index (χ4v) is 3.99. The van der Waals surface area contributed by atoms with Gasteiger partial charge < -0.3 is 14.2 Å². The Balaban J connectivity index is 1.55. The van der Waals surface area contributed by atoms with Crippen LogP contribution in [0.5, 0.6) is 0 Å². The molecule has 24 heavy (non-hydrogen) atoms. The molecule has 1 heterocycles. The molecule has 1 aliphatic carbocycles. The Bertz CT molecular complexity index is 584. The number of nitrogens with one attached hydrogen (secondary N) is 1. The molecule has 1 unspecified atom stereocenters. The molecule has 1 N–H and O–H groups in total. The highest BCUT2D eigenvalue weighted by Gasteiger charge is 2.58. The molecule has 6 heteroatoms. The van der Waals surface area contributed by atoms with Crippen LogP contribution in [0, 0.1) is 5.41 Å². The highest BCUT2D eigenvalue weighted by Crippen LogP contribution is 2.53. The molecule has 1 aromatic carbocycles. The van der Waals surface area contributed by atoms with Gasteiger partial charge in [-0.1, -0.05) is 30.3 Å². The summed E-state index contributed by atoms with van der Waals surface area (Å²) in [4.78, 5) is 14.1. The number of carbonyl (C=O) groups excluding carboxylic acids is 1. The Morgan fingerprint density at radius 1 is 1.38 bits per heavy atom. The molecule has 5 nitrogen and oxygen atoms in total. The van der Waals surface area contributed by atoms with Crippen molar-refractivity contribution in [1.82, 2.24) is 9.62 Å². The lowest BCUT2D eigenvalue weighted by Gasteiger charge is -2.28. The predicted molar refractivity (Wildman–Crippen MR) is 94.7 cm³/mol. The Kier molecular flexibility index (Phi) is 4.82. The Labute approximate surface area is 147 Å². The van der Waals surface area contributed by atoms with E-state index < -0.39 is 11.4 Å². The van der Waals surface area contributed by atoms with Gasteiger partial charge in [-0.15, -0.1) is 4.72 Å². The molecule has 1 amide bonds. The number of rotatable bonds is 4. The third-order valence-electron chi connectivity index (χ3n) is 4.81.